The largest absolute Gasteiger partial charge is 0.488 e. The van der Waals surface area contributed by atoms with Crippen LogP contribution >= 0.6 is 0 Å². The molecule has 134 valence electrons. The quantitative estimate of drug-likeness (QED) is 0.702. The van der Waals surface area contributed by atoms with Gasteiger partial charge in [-0.05, 0) is 19.9 Å². The van der Waals surface area contributed by atoms with E-state index in [2.05, 4.69) is 30.9 Å². The van der Waals surface area contributed by atoms with Crippen molar-refractivity contribution in [1.82, 2.24) is 20.3 Å². The molecular weight excluding hydrogens is 320 g/mol. The summed E-state index contributed by atoms with van der Waals surface area (Å²) in [7, 11) is 3.41. The molecule has 1 unspecified atom stereocenters. The summed E-state index contributed by atoms with van der Waals surface area (Å²) in [5.41, 5.74) is 1.61. The number of hydrogen-bond donors (Lipinski definition) is 3. The number of nitrogens with one attached hydrogen (secondary N) is 3. The van der Waals surface area contributed by atoms with Crippen LogP contribution in [0.5, 0.6) is 11.6 Å². The van der Waals surface area contributed by atoms with Gasteiger partial charge >= 0.3 is 0 Å². The second-order valence-electron chi connectivity index (χ2n) is 5.99. The standard InChI is InChI=1S/C17H24N6O2/c1-11-6-15(18-2)23-17(21-11)22-13-7-14(16(24-3)20-9-13)25-10-12-4-5-19-8-12/h6-7,9,12,19H,4-5,8,10H2,1-3H3,(H2,18,21,22,23). The topological polar surface area (TPSA) is 93.2 Å². The highest BCUT2D eigenvalue weighted by Crippen LogP contribution is 2.29. The average molecular weight is 344 g/mol. The number of aromatic nitrogens is 3. The summed E-state index contributed by atoms with van der Waals surface area (Å²) in [6.45, 7) is 4.59. The van der Waals surface area contributed by atoms with Crippen LogP contribution in [0.25, 0.3) is 0 Å². The summed E-state index contributed by atoms with van der Waals surface area (Å²) < 4.78 is 11.2. The molecule has 3 N–H and O–H groups in total. The summed E-state index contributed by atoms with van der Waals surface area (Å²) >= 11 is 0. The van der Waals surface area contributed by atoms with Crippen LogP contribution in [-0.4, -0.2) is 48.8 Å². The molecule has 0 bridgehead atoms. The molecule has 1 atom stereocenters. The van der Waals surface area contributed by atoms with Gasteiger partial charge in [0.05, 0.1) is 25.6 Å². The van der Waals surface area contributed by atoms with Crippen molar-refractivity contribution in [3.63, 3.8) is 0 Å². The fourth-order valence-corrected chi connectivity index (χ4v) is 2.70. The monoisotopic (exact) mass is 344 g/mol. The van der Waals surface area contributed by atoms with E-state index in [0.29, 0.717) is 30.1 Å². The molecule has 0 amide bonds. The van der Waals surface area contributed by atoms with Gasteiger partial charge in [-0.15, -0.1) is 0 Å². The van der Waals surface area contributed by atoms with Crippen LogP contribution < -0.4 is 25.4 Å². The van der Waals surface area contributed by atoms with Gasteiger partial charge in [-0.2, -0.15) is 4.98 Å². The average Bonchev–Trinajstić information content (AvgIpc) is 3.13. The first kappa shape index (κ1) is 17.2. The maximum absolute atomic E-state index is 5.94. The number of methoxy groups -OCH3 is 1. The van der Waals surface area contributed by atoms with Gasteiger partial charge in [0.15, 0.2) is 5.75 Å². The molecule has 3 heterocycles. The highest BCUT2D eigenvalue weighted by Gasteiger charge is 2.17. The molecule has 1 aliphatic heterocycles. The van der Waals surface area contributed by atoms with E-state index < -0.39 is 0 Å². The fourth-order valence-electron chi connectivity index (χ4n) is 2.70. The zero-order valence-corrected chi connectivity index (χ0v) is 14.8. The lowest BCUT2D eigenvalue weighted by Crippen LogP contribution is -2.16. The third-order valence-corrected chi connectivity index (χ3v) is 4.02. The molecule has 3 rings (SSSR count). The maximum Gasteiger partial charge on any atom is 0.256 e. The molecule has 25 heavy (non-hydrogen) atoms. The Balaban J connectivity index is 1.75. The molecule has 0 aromatic carbocycles. The van der Waals surface area contributed by atoms with Gasteiger partial charge < -0.3 is 25.4 Å². The highest BCUT2D eigenvalue weighted by atomic mass is 16.5. The van der Waals surface area contributed by atoms with E-state index >= 15 is 0 Å². The van der Waals surface area contributed by atoms with Crippen molar-refractivity contribution in [2.24, 2.45) is 5.92 Å². The Morgan fingerprint density at radius 3 is 2.92 bits per heavy atom. The van der Waals surface area contributed by atoms with Crippen LogP contribution in [-0.2, 0) is 0 Å². The summed E-state index contributed by atoms with van der Waals surface area (Å²) in [5.74, 6) is 2.85. The number of ether oxygens (including phenoxy) is 2. The summed E-state index contributed by atoms with van der Waals surface area (Å²) in [5, 5.41) is 9.52. The van der Waals surface area contributed by atoms with Gasteiger partial charge in [0.1, 0.15) is 5.82 Å². The van der Waals surface area contributed by atoms with Crippen LogP contribution in [0.2, 0.25) is 0 Å². The molecule has 0 radical (unpaired) electrons. The number of aryl methyl sites for hydroxylation is 1. The van der Waals surface area contributed by atoms with Gasteiger partial charge in [-0.3, -0.25) is 0 Å². The predicted octanol–water partition coefficient (Wildman–Crippen LogP) is 1.96. The lowest BCUT2D eigenvalue weighted by molar-refractivity contribution is 0.244. The number of nitrogens with zero attached hydrogens (tertiary/aromatic N) is 3. The van der Waals surface area contributed by atoms with Gasteiger partial charge in [0.2, 0.25) is 5.95 Å². The van der Waals surface area contributed by atoms with Crippen molar-refractivity contribution >= 4 is 17.5 Å². The van der Waals surface area contributed by atoms with Crippen molar-refractivity contribution in [1.29, 1.82) is 0 Å². The molecule has 2 aromatic rings. The minimum Gasteiger partial charge on any atom is -0.488 e. The number of anilines is 3. The van der Waals surface area contributed by atoms with E-state index in [9.17, 15) is 0 Å². The van der Waals surface area contributed by atoms with Gasteiger partial charge in [0, 0.05) is 37.3 Å². The van der Waals surface area contributed by atoms with Crippen molar-refractivity contribution in [2.75, 3.05) is 44.5 Å². The van der Waals surface area contributed by atoms with Crippen LogP contribution in [0, 0.1) is 12.8 Å². The Bertz CT molecular complexity index is 718. The molecule has 0 aliphatic carbocycles. The fraction of sp³-hybridized carbons (Fsp3) is 0.471. The zero-order valence-electron chi connectivity index (χ0n) is 14.8. The Morgan fingerprint density at radius 2 is 2.20 bits per heavy atom. The second-order valence-corrected chi connectivity index (χ2v) is 5.99. The van der Waals surface area contributed by atoms with E-state index in [4.69, 9.17) is 9.47 Å². The van der Waals surface area contributed by atoms with Crippen molar-refractivity contribution < 1.29 is 9.47 Å². The third-order valence-electron chi connectivity index (χ3n) is 4.02. The summed E-state index contributed by atoms with van der Waals surface area (Å²) in [6.07, 6.45) is 2.80. The van der Waals surface area contributed by atoms with Crippen LogP contribution in [0.15, 0.2) is 18.3 Å². The molecule has 1 fully saturated rings. The first-order chi connectivity index (χ1) is 12.2. The molecule has 2 aromatic heterocycles. The lowest BCUT2D eigenvalue weighted by atomic mass is 10.1. The van der Waals surface area contributed by atoms with Crippen molar-refractivity contribution in [3.05, 3.63) is 24.0 Å². The molecule has 1 aliphatic rings. The van der Waals surface area contributed by atoms with Gasteiger partial charge in [0.25, 0.3) is 5.88 Å². The van der Waals surface area contributed by atoms with Crippen LogP contribution in [0.1, 0.15) is 12.1 Å². The second kappa shape index (κ2) is 7.98. The first-order valence-corrected chi connectivity index (χ1v) is 8.36. The van der Waals surface area contributed by atoms with Crippen molar-refractivity contribution in [2.45, 2.75) is 13.3 Å². The number of hydrogen-bond acceptors (Lipinski definition) is 8. The van der Waals surface area contributed by atoms with E-state index in [1.165, 1.54) is 0 Å². The highest BCUT2D eigenvalue weighted by molar-refractivity contribution is 5.58. The Hall–Kier alpha value is -2.61. The lowest BCUT2D eigenvalue weighted by Gasteiger charge is -2.14. The molecule has 8 nitrogen and oxygen atoms in total. The normalized spacial score (nSPS) is 16.5. The van der Waals surface area contributed by atoms with Crippen LogP contribution in [0.4, 0.5) is 17.5 Å². The Kier molecular flexibility index (Phi) is 5.49. The predicted molar refractivity (Wildman–Crippen MR) is 96.9 cm³/mol. The third kappa shape index (κ3) is 4.48. The SMILES string of the molecule is CNc1cc(C)nc(Nc2cnc(OC)c(OCC3CCNC3)c2)n1. The summed E-state index contributed by atoms with van der Waals surface area (Å²) in [6, 6.07) is 3.74. The summed E-state index contributed by atoms with van der Waals surface area (Å²) in [4.78, 5) is 13.1. The smallest absolute Gasteiger partial charge is 0.256 e. The molecule has 1 saturated heterocycles. The van der Waals surface area contributed by atoms with Crippen molar-refractivity contribution in [3.8, 4) is 11.6 Å². The number of pyridine rings is 1. The van der Waals surface area contributed by atoms with Gasteiger partial charge in [-0.25, -0.2) is 9.97 Å². The van der Waals surface area contributed by atoms with E-state index in [1.807, 2.05) is 26.1 Å². The van der Waals surface area contributed by atoms with E-state index in [0.717, 1.165) is 36.7 Å². The van der Waals surface area contributed by atoms with E-state index in [1.54, 1.807) is 13.3 Å². The van der Waals surface area contributed by atoms with Crippen LogP contribution in [0.3, 0.4) is 0 Å². The molecule has 0 saturated carbocycles. The Morgan fingerprint density at radius 1 is 1.32 bits per heavy atom. The zero-order chi connectivity index (χ0) is 17.6. The minimum absolute atomic E-state index is 0.470. The molecule has 8 heteroatoms. The van der Waals surface area contributed by atoms with Gasteiger partial charge in [-0.1, -0.05) is 0 Å². The number of rotatable bonds is 7. The Labute approximate surface area is 147 Å². The first-order valence-electron chi connectivity index (χ1n) is 8.36. The molecule has 0 spiro atoms. The van der Waals surface area contributed by atoms with E-state index in [-0.39, 0.29) is 0 Å². The molecular formula is C17H24N6O2. The maximum atomic E-state index is 5.94. The minimum atomic E-state index is 0.470.